The second-order valence-corrected chi connectivity index (χ2v) is 7.86. The van der Waals surface area contributed by atoms with Gasteiger partial charge in [-0.15, -0.1) is 11.3 Å². The molecule has 6 nitrogen and oxygen atoms in total. The first-order valence-electron chi connectivity index (χ1n) is 9.85. The second-order valence-electron chi connectivity index (χ2n) is 6.92. The van der Waals surface area contributed by atoms with Crippen molar-refractivity contribution in [1.29, 1.82) is 0 Å². The molecule has 0 saturated carbocycles. The average molecular weight is 442 g/mol. The summed E-state index contributed by atoms with van der Waals surface area (Å²) in [5.41, 5.74) is 0.186. The van der Waals surface area contributed by atoms with E-state index in [1.54, 1.807) is 7.11 Å². The number of aromatic nitrogens is 1. The lowest BCUT2D eigenvalue weighted by Gasteiger charge is -2.36. The monoisotopic (exact) mass is 441 g/mol. The van der Waals surface area contributed by atoms with E-state index in [-0.39, 0.29) is 12.6 Å². The van der Waals surface area contributed by atoms with Crippen molar-refractivity contribution in [3.63, 3.8) is 0 Å². The molecule has 1 aliphatic heterocycles. The first kappa shape index (κ1) is 22.2. The summed E-state index contributed by atoms with van der Waals surface area (Å²) in [5.74, 6) is 1.41. The molecule has 1 fully saturated rings. The maximum atomic E-state index is 12.7. The van der Waals surface area contributed by atoms with Gasteiger partial charge in [0.15, 0.2) is 11.7 Å². The van der Waals surface area contributed by atoms with Crippen LogP contribution >= 0.6 is 11.3 Å². The van der Waals surface area contributed by atoms with Crippen LogP contribution in [0.2, 0.25) is 0 Å². The molecule has 30 heavy (non-hydrogen) atoms. The number of hydrogen-bond donors (Lipinski definition) is 2. The first-order chi connectivity index (χ1) is 14.4. The largest absolute Gasteiger partial charge is 0.495 e. The summed E-state index contributed by atoms with van der Waals surface area (Å²) in [5, 5.41) is 7.93. The van der Waals surface area contributed by atoms with Gasteiger partial charge in [0.1, 0.15) is 10.8 Å². The molecule has 2 N–H and O–H groups in total. The fourth-order valence-corrected chi connectivity index (χ4v) is 4.10. The van der Waals surface area contributed by atoms with Gasteiger partial charge in [-0.3, -0.25) is 0 Å². The molecule has 1 saturated heterocycles. The molecule has 3 rings (SSSR count). The molecular weight excluding hydrogens is 415 g/mol. The van der Waals surface area contributed by atoms with E-state index >= 15 is 0 Å². The molecule has 0 bridgehead atoms. The molecule has 1 aromatic heterocycles. The number of nitrogens with zero attached hydrogens (tertiary/aromatic N) is 3. The van der Waals surface area contributed by atoms with E-state index in [2.05, 4.69) is 25.5 Å². The number of alkyl halides is 3. The topological polar surface area (TPSA) is 61.8 Å². The molecule has 1 atom stereocenters. The van der Waals surface area contributed by atoms with Crippen LogP contribution in [0.1, 0.15) is 30.5 Å². The molecule has 1 unspecified atom stereocenters. The van der Waals surface area contributed by atoms with Gasteiger partial charge >= 0.3 is 6.18 Å². The van der Waals surface area contributed by atoms with E-state index in [9.17, 15) is 13.2 Å². The zero-order chi connectivity index (χ0) is 21.6. The minimum atomic E-state index is -4.43. The number of benzene rings is 1. The van der Waals surface area contributed by atoms with Crippen LogP contribution in [-0.4, -0.2) is 43.7 Å². The highest BCUT2D eigenvalue weighted by molar-refractivity contribution is 7.09. The van der Waals surface area contributed by atoms with E-state index < -0.39 is 11.9 Å². The fourth-order valence-electron chi connectivity index (χ4n) is 3.38. The number of piperidine rings is 1. The van der Waals surface area contributed by atoms with Gasteiger partial charge in [0, 0.05) is 31.1 Å². The maximum Gasteiger partial charge on any atom is 0.434 e. The summed E-state index contributed by atoms with van der Waals surface area (Å²) >= 11 is 0.968. The molecule has 0 radical (unpaired) electrons. The number of methoxy groups -OCH3 is 1. The van der Waals surface area contributed by atoms with Crippen LogP contribution in [0.4, 0.5) is 18.9 Å². The zero-order valence-corrected chi connectivity index (χ0v) is 17.8. The quantitative estimate of drug-likeness (QED) is 0.526. The smallest absolute Gasteiger partial charge is 0.434 e. The number of rotatable bonds is 6. The Morgan fingerprint density at radius 2 is 2.17 bits per heavy atom. The fraction of sp³-hybridized carbons (Fsp3) is 0.500. The number of para-hydroxylation sites is 2. The Morgan fingerprint density at radius 1 is 1.37 bits per heavy atom. The Kier molecular flexibility index (Phi) is 7.41. The third-order valence-electron chi connectivity index (χ3n) is 4.75. The van der Waals surface area contributed by atoms with Crippen molar-refractivity contribution < 1.29 is 17.9 Å². The highest BCUT2D eigenvalue weighted by atomic mass is 32.1. The lowest BCUT2D eigenvalue weighted by atomic mass is 10.0. The summed E-state index contributed by atoms with van der Waals surface area (Å²) in [6, 6.07) is 8.08. The number of ether oxygens (including phenoxy) is 1. The van der Waals surface area contributed by atoms with Crippen LogP contribution in [0.3, 0.4) is 0 Å². The Labute approximate surface area is 178 Å². The van der Waals surface area contributed by atoms with Gasteiger partial charge < -0.3 is 20.3 Å². The number of guanidine groups is 1. The average Bonchev–Trinajstić information content (AvgIpc) is 3.22. The third-order valence-corrected chi connectivity index (χ3v) is 5.58. The van der Waals surface area contributed by atoms with E-state index in [1.807, 2.05) is 31.2 Å². The van der Waals surface area contributed by atoms with Gasteiger partial charge in [-0.05, 0) is 31.9 Å². The predicted octanol–water partition coefficient (Wildman–Crippen LogP) is 3.89. The molecule has 0 aliphatic carbocycles. The second kappa shape index (κ2) is 10.0. The number of hydrogen-bond acceptors (Lipinski definition) is 5. The molecule has 1 aliphatic rings. The summed E-state index contributed by atoms with van der Waals surface area (Å²) in [7, 11) is 1.66. The molecule has 0 spiro atoms. The van der Waals surface area contributed by atoms with Crippen molar-refractivity contribution in [2.75, 3.05) is 31.6 Å². The van der Waals surface area contributed by atoms with Gasteiger partial charge in [-0.2, -0.15) is 13.2 Å². The van der Waals surface area contributed by atoms with Gasteiger partial charge in [0.25, 0.3) is 0 Å². The number of halogens is 3. The van der Waals surface area contributed by atoms with Gasteiger partial charge in [-0.25, -0.2) is 9.98 Å². The molecule has 10 heteroatoms. The van der Waals surface area contributed by atoms with E-state index in [0.717, 1.165) is 54.1 Å². The summed E-state index contributed by atoms with van der Waals surface area (Å²) in [6.07, 6.45) is -2.44. The molecule has 2 heterocycles. The van der Waals surface area contributed by atoms with E-state index in [1.165, 1.54) is 0 Å². The summed E-state index contributed by atoms with van der Waals surface area (Å²) in [4.78, 5) is 10.4. The first-order valence-corrected chi connectivity index (χ1v) is 10.7. The Morgan fingerprint density at radius 3 is 2.87 bits per heavy atom. The van der Waals surface area contributed by atoms with Crippen molar-refractivity contribution in [2.45, 2.75) is 38.5 Å². The number of aliphatic imine (C=N–C) groups is 1. The highest BCUT2D eigenvalue weighted by Crippen LogP contribution is 2.31. The van der Waals surface area contributed by atoms with Crippen LogP contribution in [-0.2, 0) is 12.7 Å². The van der Waals surface area contributed by atoms with E-state index in [4.69, 9.17) is 4.74 Å². The van der Waals surface area contributed by atoms with Crippen molar-refractivity contribution in [1.82, 2.24) is 15.6 Å². The van der Waals surface area contributed by atoms with Crippen LogP contribution < -0.4 is 20.3 Å². The standard InChI is InChI=1S/C20H26F3N5OS/c1-3-24-19(25-11-18-27-17(13-30-18)20(21,22)23)26-14-7-6-10-28(12-14)15-8-4-5-9-16(15)29-2/h4-5,8-9,13-14H,3,6-7,10-12H2,1-2H3,(H2,24,25,26). The predicted molar refractivity (Wildman–Crippen MR) is 113 cm³/mol. The Hall–Kier alpha value is -2.49. The highest BCUT2D eigenvalue weighted by Gasteiger charge is 2.33. The summed E-state index contributed by atoms with van der Waals surface area (Å²) < 4.78 is 43.7. The van der Waals surface area contributed by atoms with Crippen LogP contribution in [0, 0.1) is 0 Å². The van der Waals surface area contributed by atoms with Crippen LogP contribution in [0.25, 0.3) is 0 Å². The minimum Gasteiger partial charge on any atom is -0.495 e. The van der Waals surface area contributed by atoms with Gasteiger partial charge in [-0.1, -0.05) is 12.1 Å². The number of nitrogens with one attached hydrogen (secondary N) is 2. The van der Waals surface area contributed by atoms with E-state index in [0.29, 0.717) is 17.5 Å². The van der Waals surface area contributed by atoms with Crippen molar-refractivity contribution in [3.8, 4) is 5.75 Å². The minimum absolute atomic E-state index is 0.0963. The lowest BCUT2D eigenvalue weighted by Crippen LogP contribution is -2.51. The molecular formula is C20H26F3N5OS. The normalized spacial score (nSPS) is 17.7. The number of thiazole rings is 1. The molecule has 1 aromatic carbocycles. The summed E-state index contributed by atoms with van der Waals surface area (Å²) in [6.45, 7) is 4.41. The number of anilines is 1. The molecule has 0 amide bonds. The van der Waals surface area contributed by atoms with Crippen molar-refractivity contribution in [2.24, 2.45) is 4.99 Å². The maximum absolute atomic E-state index is 12.7. The van der Waals surface area contributed by atoms with Crippen molar-refractivity contribution >= 4 is 23.0 Å². The van der Waals surface area contributed by atoms with Crippen LogP contribution in [0.15, 0.2) is 34.6 Å². The lowest BCUT2D eigenvalue weighted by molar-refractivity contribution is -0.140. The van der Waals surface area contributed by atoms with Crippen molar-refractivity contribution in [3.05, 3.63) is 40.3 Å². The zero-order valence-electron chi connectivity index (χ0n) is 17.0. The van der Waals surface area contributed by atoms with Crippen LogP contribution in [0.5, 0.6) is 5.75 Å². The SMILES string of the molecule is CCNC(=NCc1nc(C(F)(F)F)cs1)NC1CCCN(c2ccccc2OC)C1. The molecule has 164 valence electrons. The Bertz CT molecular complexity index is 855. The van der Waals surface area contributed by atoms with Gasteiger partial charge in [0.05, 0.1) is 19.3 Å². The molecule has 2 aromatic rings. The Balaban J connectivity index is 1.65. The third kappa shape index (κ3) is 5.78. The van der Waals surface area contributed by atoms with Gasteiger partial charge in [0.2, 0.25) is 0 Å².